The Morgan fingerprint density at radius 1 is 1.32 bits per heavy atom. The molecule has 2 saturated carbocycles. The zero-order chi connectivity index (χ0) is 15.1. The second kappa shape index (κ2) is 5.45. The van der Waals surface area contributed by atoms with Crippen LogP contribution in [-0.2, 0) is 11.2 Å². The summed E-state index contributed by atoms with van der Waals surface area (Å²) in [7, 11) is 0. The lowest BCUT2D eigenvalue weighted by molar-refractivity contribution is -0.121. The third kappa shape index (κ3) is 2.53. The van der Waals surface area contributed by atoms with Gasteiger partial charge in [-0.3, -0.25) is 4.79 Å². The van der Waals surface area contributed by atoms with Crippen molar-refractivity contribution in [3.63, 3.8) is 0 Å². The van der Waals surface area contributed by atoms with Crippen molar-refractivity contribution in [2.24, 2.45) is 17.8 Å². The summed E-state index contributed by atoms with van der Waals surface area (Å²) in [4.78, 5) is 15.5. The third-order valence-electron chi connectivity index (χ3n) is 5.81. The Labute approximate surface area is 131 Å². The molecule has 1 heterocycles. The molecule has 2 aliphatic rings. The molecule has 0 aliphatic heterocycles. The molecule has 0 saturated heterocycles. The highest BCUT2D eigenvalue weighted by Gasteiger charge is 2.42. The van der Waals surface area contributed by atoms with E-state index in [1.807, 2.05) is 6.20 Å². The Hall–Kier alpha value is -1.77. The van der Waals surface area contributed by atoms with E-state index in [1.165, 1.54) is 31.1 Å². The molecule has 1 aromatic carbocycles. The van der Waals surface area contributed by atoms with Gasteiger partial charge in [0.25, 0.3) is 0 Å². The average molecular weight is 296 g/mol. The molecule has 2 N–H and O–H groups in total. The molecule has 4 unspecified atom stereocenters. The van der Waals surface area contributed by atoms with Crippen molar-refractivity contribution in [3.05, 3.63) is 36.0 Å². The SMILES string of the molecule is CC(NC(=O)Cc1ccc2cc[nH]c2c1)C1CC2CCC1C2. The fourth-order valence-corrected chi connectivity index (χ4v) is 4.71. The standard InChI is InChI=1S/C19H24N2O/c1-12(17-9-13-3-5-16(17)8-13)21-19(22)11-14-2-4-15-6-7-20-18(15)10-14/h2,4,6-7,10,12-13,16-17,20H,3,5,8-9,11H2,1H3,(H,21,22). The molecule has 116 valence electrons. The molecule has 2 fully saturated rings. The maximum Gasteiger partial charge on any atom is 0.224 e. The van der Waals surface area contributed by atoms with Crippen LogP contribution in [0.4, 0.5) is 0 Å². The number of nitrogens with one attached hydrogen (secondary N) is 2. The Balaban J connectivity index is 1.37. The average Bonchev–Trinajstić information content (AvgIpc) is 3.22. The molecule has 2 aromatic rings. The molecule has 3 heteroatoms. The van der Waals surface area contributed by atoms with Crippen LogP contribution < -0.4 is 5.32 Å². The van der Waals surface area contributed by atoms with Gasteiger partial charge in [0.05, 0.1) is 6.42 Å². The molecule has 4 atom stereocenters. The molecule has 2 aliphatic carbocycles. The van der Waals surface area contributed by atoms with Crippen molar-refractivity contribution >= 4 is 16.8 Å². The molecule has 3 nitrogen and oxygen atoms in total. The minimum Gasteiger partial charge on any atom is -0.361 e. The van der Waals surface area contributed by atoms with Gasteiger partial charge in [-0.15, -0.1) is 0 Å². The first-order valence-corrected chi connectivity index (χ1v) is 8.54. The molecular weight excluding hydrogens is 272 g/mol. The quantitative estimate of drug-likeness (QED) is 0.888. The summed E-state index contributed by atoms with van der Waals surface area (Å²) in [6, 6.07) is 8.58. The van der Waals surface area contributed by atoms with Crippen LogP contribution in [0.5, 0.6) is 0 Å². The predicted octanol–water partition coefficient (Wildman–Crippen LogP) is 3.65. The van der Waals surface area contributed by atoms with Gasteiger partial charge >= 0.3 is 0 Å². The Kier molecular flexibility index (Phi) is 3.44. The van der Waals surface area contributed by atoms with Gasteiger partial charge < -0.3 is 10.3 Å². The van der Waals surface area contributed by atoms with E-state index < -0.39 is 0 Å². The summed E-state index contributed by atoms with van der Waals surface area (Å²) >= 11 is 0. The monoisotopic (exact) mass is 296 g/mol. The lowest BCUT2D eigenvalue weighted by Gasteiger charge is -2.28. The maximum atomic E-state index is 12.3. The molecular formula is C19H24N2O. The van der Waals surface area contributed by atoms with Crippen molar-refractivity contribution in [1.29, 1.82) is 0 Å². The van der Waals surface area contributed by atoms with E-state index in [2.05, 4.69) is 41.5 Å². The highest BCUT2D eigenvalue weighted by molar-refractivity contribution is 5.83. The molecule has 0 spiro atoms. The largest absolute Gasteiger partial charge is 0.361 e. The predicted molar refractivity (Wildman–Crippen MR) is 88.5 cm³/mol. The van der Waals surface area contributed by atoms with E-state index in [9.17, 15) is 4.79 Å². The first kappa shape index (κ1) is 13.9. The summed E-state index contributed by atoms with van der Waals surface area (Å²) in [5, 5.41) is 4.44. The van der Waals surface area contributed by atoms with Crippen molar-refractivity contribution in [3.8, 4) is 0 Å². The van der Waals surface area contributed by atoms with E-state index in [1.54, 1.807) is 0 Å². The fraction of sp³-hybridized carbons (Fsp3) is 0.526. The molecule has 4 rings (SSSR count). The van der Waals surface area contributed by atoms with Crippen LogP contribution in [0.1, 0.15) is 38.2 Å². The van der Waals surface area contributed by atoms with Crippen LogP contribution in [0.3, 0.4) is 0 Å². The Morgan fingerprint density at radius 3 is 3.00 bits per heavy atom. The highest BCUT2D eigenvalue weighted by atomic mass is 16.1. The summed E-state index contributed by atoms with van der Waals surface area (Å²) < 4.78 is 0. The van der Waals surface area contributed by atoms with Gasteiger partial charge in [-0.2, -0.15) is 0 Å². The van der Waals surface area contributed by atoms with Crippen molar-refractivity contribution < 1.29 is 4.79 Å². The van der Waals surface area contributed by atoms with E-state index in [0.29, 0.717) is 18.4 Å². The van der Waals surface area contributed by atoms with Crippen LogP contribution >= 0.6 is 0 Å². The maximum absolute atomic E-state index is 12.3. The Bertz CT molecular complexity index is 690. The van der Waals surface area contributed by atoms with Gasteiger partial charge in [0.1, 0.15) is 0 Å². The van der Waals surface area contributed by atoms with Crippen LogP contribution in [0.2, 0.25) is 0 Å². The number of carbonyl (C=O) groups excluding carboxylic acids is 1. The number of H-pyrrole nitrogens is 1. The minimum absolute atomic E-state index is 0.154. The van der Waals surface area contributed by atoms with Gasteiger partial charge in [0.2, 0.25) is 5.91 Å². The first-order valence-electron chi connectivity index (χ1n) is 8.54. The van der Waals surface area contributed by atoms with Crippen LogP contribution in [0.25, 0.3) is 10.9 Å². The van der Waals surface area contributed by atoms with E-state index >= 15 is 0 Å². The number of benzene rings is 1. The summed E-state index contributed by atoms with van der Waals surface area (Å²) in [5.41, 5.74) is 2.18. The normalized spacial score (nSPS) is 28.1. The molecule has 1 amide bonds. The topological polar surface area (TPSA) is 44.9 Å². The van der Waals surface area contributed by atoms with Crippen molar-refractivity contribution in [1.82, 2.24) is 10.3 Å². The van der Waals surface area contributed by atoms with Gasteiger partial charge in [-0.05, 0) is 67.0 Å². The number of aromatic nitrogens is 1. The van der Waals surface area contributed by atoms with Gasteiger partial charge in [0, 0.05) is 17.8 Å². The van der Waals surface area contributed by atoms with E-state index in [0.717, 1.165) is 22.9 Å². The number of fused-ring (bicyclic) bond motifs is 3. The highest BCUT2D eigenvalue weighted by Crippen LogP contribution is 2.49. The second-order valence-corrected chi connectivity index (χ2v) is 7.27. The first-order chi connectivity index (χ1) is 10.7. The molecule has 1 aromatic heterocycles. The fourth-order valence-electron chi connectivity index (χ4n) is 4.71. The molecule has 0 radical (unpaired) electrons. The van der Waals surface area contributed by atoms with Crippen LogP contribution in [-0.4, -0.2) is 16.9 Å². The Morgan fingerprint density at radius 2 is 2.23 bits per heavy atom. The van der Waals surface area contributed by atoms with Crippen LogP contribution in [0.15, 0.2) is 30.5 Å². The van der Waals surface area contributed by atoms with Crippen molar-refractivity contribution in [2.75, 3.05) is 0 Å². The smallest absolute Gasteiger partial charge is 0.224 e. The zero-order valence-corrected chi connectivity index (χ0v) is 13.1. The second-order valence-electron chi connectivity index (χ2n) is 7.27. The summed E-state index contributed by atoms with van der Waals surface area (Å²) in [5.74, 6) is 2.65. The van der Waals surface area contributed by atoms with E-state index in [4.69, 9.17) is 0 Å². The number of carbonyl (C=O) groups is 1. The number of hydrogen-bond acceptors (Lipinski definition) is 1. The number of hydrogen-bond donors (Lipinski definition) is 2. The van der Waals surface area contributed by atoms with Gasteiger partial charge in [-0.1, -0.05) is 18.6 Å². The minimum atomic E-state index is 0.154. The molecule has 2 bridgehead atoms. The summed E-state index contributed by atoms with van der Waals surface area (Å²) in [6.45, 7) is 2.19. The summed E-state index contributed by atoms with van der Waals surface area (Å²) in [6.07, 6.45) is 7.91. The number of rotatable bonds is 4. The van der Waals surface area contributed by atoms with Crippen LogP contribution in [0, 0.1) is 17.8 Å². The lowest BCUT2D eigenvalue weighted by Crippen LogP contribution is -2.40. The van der Waals surface area contributed by atoms with Gasteiger partial charge in [-0.25, -0.2) is 0 Å². The third-order valence-corrected chi connectivity index (χ3v) is 5.81. The lowest BCUT2D eigenvalue weighted by atomic mass is 9.84. The van der Waals surface area contributed by atoms with Crippen molar-refractivity contribution in [2.45, 2.75) is 45.1 Å². The molecule has 22 heavy (non-hydrogen) atoms. The zero-order valence-electron chi connectivity index (χ0n) is 13.1. The number of amides is 1. The van der Waals surface area contributed by atoms with Gasteiger partial charge in [0.15, 0.2) is 0 Å². The van der Waals surface area contributed by atoms with E-state index in [-0.39, 0.29) is 5.91 Å². The number of aromatic amines is 1.